The number of fused-ring (bicyclic) bond motifs is 1. The number of hydrogen-bond donors (Lipinski definition) is 1. The molecule has 0 bridgehead atoms. The molecule has 18 heavy (non-hydrogen) atoms. The molecule has 0 spiro atoms. The van der Waals surface area contributed by atoms with Crippen molar-refractivity contribution in [2.45, 2.75) is 38.0 Å². The number of aromatic nitrogens is 1. The second kappa shape index (κ2) is 4.36. The Kier molecular flexibility index (Phi) is 2.83. The van der Waals surface area contributed by atoms with Crippen molar-refractivity contribution in [3.05, 3.63) is 41.7 Å². The molecular formula is C16H20N2. The third kappa shape index (κ3) is 1.81. The summed E-state index contributed by atoms with van der Waals surface area (Å²) in [6.07, 6.45) is 7.05. The normalized spacial score (nSPS) is 18.3. The first-order chi connectivity index (χ1) is 8.73. The van der Waals surface area contributed by atoms with E-state index in [2.05, 4.69) is 29.2 Å². The van der Waals surface area contributed by atoms with Gasteiger partial charge in [0.15, 0.2) is 0 Å². The summed E-state index contributed by atoms with van der Waals surface area (Å²) >= 11 is 0. The van der Waals surface area contributed by atoms with E-state index in [-0.39, 0.29) is 5.41 Å². The first-order valence-electron chi connectivity index (χ1n) is 6.80. The fourth-order valence-corrected chi connectivity index (χ4v) is 3.24. The van der Waals surface area contributed by atoms with Crippen molar-refractivity contribution in [3.63, 3.8) is 0 Å². The van der Waals surface area contributed by atoms with Crippen LogP contribution in [0.1, 0.15) is 36.9 Å². The van der Waals surface area contributed by atoms with Crippen molar-refractivity contribution in [2.75, 3.05) is 6.54 Å². The van der Waals surface area contributed by atoms with Crippen LogP contribution in [-0.4, -0.2) is 11.5 Å². The van der Waals surface area contributed by atoms with Crippen molar-refractivity contribution < 1.29 is 0 Å². The summed E-state index contributed by atoms with van der Waals surface area (Å²) in [5, 5.41) is 2.51. The topological polar surface area (TPSA) is 38.9 Å². The van der Waals surface area contributed by atoms with E-state index in [1.165, 1.54) is 42.0 Å². The lowest BCUT2D eigenvalue weighted by atomic mass is 9.78. The molecule has 0 radical (unpaired) electrons. The summed E-state index contributed by atoms with van der Waals surface area (Å²) in [4.78, 5) is 4.39. The molecule has 0 amide bonds. The van der Waals surface area contributed by atoms with Crippen LogP contribution < -0.4 is 5.73 Å². The number of pyridine rings is 1. The predicted octanol–water partition coefficient (Wildman–Crippen LogP) is 3.31. The zero-order valence-corrected chi connectivity index (χ0v) is 10.9. The first kappa shape index (κ1) is 11.7. The number of hydrogen-bond acceptors (Lipinski definition) is 2. The van der Waals surface area contributed by atoms with Crippen molar-refractivity contribution in [3.8, 4) is 0 Å². The summed E-state index contributed by atoms with van der Waals surface area (Å²) < 4.78 is 0. The van der Waals surface area contributed by atoms with Crippen LogP contribution in [0.2, 0.25) is 0 Å². The minimum atomic E-state index is 0.221. The van der Waals surface area contributed by atoms with Crippen molar-refractivity contribution >= 4 is 10.8 Å². The maximum Gasteiger partial charge on any atom is 0.0379 e. The minimum Gasteiger partial charge on any atom is -0.330 e. The molecule has 94 valence electrons. The Balaban J connectivity index is 2.10. The lowest BCUT2D eigenvalue weighted by Crippen LogP contribution is -2.31. The van der Waals surface area contributed by atoms with E-state index in [0.29, 0.717) is 0 Å². The van der Waals surface area contributed by atoms with Gasteiger partial charge in [-0.25, -0.2) is 0 Å². The summed E-state index contributed by atoms with van der Waals surface area (Å²) in [6, 6.07) is 8.91. The van der Waals surface area contributed by atoms with Gasteiger partial charge < -0.3 is 5.73 Å². The molecule has 0 saturated heterocycles. The summed E-state index contributed by atoms with van der Waals surface area (Å²) in [5.41, 5.74) is 8.75. The molecule has 0 unspecified atom stereocenters. The number of aryl methyl sites for hydroxylation is 1. The molecule has 2 nitrogen and oxygen atoms in total. The van der Waals surface area contributed by atoms with E-state index in [4.69, 9.17) is 5.73 Å². The van der Waals surface area contributed by atoms with Crippen molar-refractivity contribution in [1.29, 1.82) is 0 Å². The second-order valence-corrected chi connectivity index (χ2v) is 5.58. The smallest absolute Gasteiger partial charge is 0.0379 e. The molecule has 2 heteroatoms. The van der Waals surface area contributed by atoms with E-state index in [1.54, 1.807) is 0 Å². The van der Waals surface area contributed by atoms with Gasteiger partial charge in [-0.3, -0.25) is 4.98 Å². The Hall–Kier alpha value is -1.41. The van der Waals surface area contributed by atoms with Crippen LogP contribution >= 0.6 is 0 Å². The van der Waals surface area contributed by atoms with Crippen LogP contribution in [0.25, 0.3) is 10.8 Å². The van der Waals surface area contributed by atoms with E-state index in [1.807, 2.05) is 13.1 Å². The van der Waals surface area contributed by atoms with Crippen LogP contribution in [0.5, 0.6) is 0 Å². The minimum absolute atomic E-state index is 0.221. The SMILES string of the molecule is Cc1cc2ccc(C3(CN)CCCC3)cc2cn1. The van der Waals surface area contributed by atoms with E-state index in [9.17, 15) is 0 Å². The largest absolute Gasteiger partial charge is 0.330 e. The van der Waals surface area contributed by atoms with Gasteiger partial charge in [0, 0.05) is 29.2 Å². The van der Waals surface area contributed by atoms with Gasteiger partial charge in [0.1, 0.15) is 0 Å². The molecule has 1 heterocycles. The summed E-state index contributed by atoms with van der Waals surface area (Å²) in [7, 11) is 0. The molecule has 0 atom stereocenters. The van der Waals surface area contributed by atoms with Crippen LogP contribution in [0.3, 0.4) is 0 Å². The van der Waals surface area contributed by atoms with Gasteiger partial charge in [0.05, 0.1) is 0 Å². The molecule has 1 saturated carbocycles. The highest BCUT2D eigenvalue weighted by Crippen LogP contribution is 2.40. The van der Waals surface area contributed by atoms with Crippen LogP contribution in [0.15, 0.2) is 30.5 Å². The van der Waals surface area contributed by atoms with Crippen LogP contribution in [-0.2, 0) is 5.41 Å². The third-order valence-electron chi connectivity index (χ3n) is 4.42. The highest BCUT2D eigenvalue weighted by atomic mass is 14.7. The Morgan fingerprint density at radius 3 is 2.67 bits per heavy atom. The summed E-state index contributed by atoms with van der Waals surface area (Å²) in [5.74, 6) is 0. The molecule has 3 rings (SSSR count). The second-order valence-electron chi connectivity index (χ2n) is 5.58. The van der Waals surface area contributed by atoms with Gasteiger partial charge in [0.25, 0.3) is 0 Å². The zero-order valence-electron chi connectivity index (χ0n) is 10.9. The molecule has 1 fully saturated rings. The lowest BCUT2D eigenvalue weighted by molar-refractivity contribution is 0.453. The molecule has 2 aromatic rings. The van der Waals surface area contributed by atoms with Gasteiger partial charge in [-0.1, -0.05) is 25.0 Å². The van der Waals surface area contributed by atoms with Gasteiger partial charge in [-0.05, 0) is 42.8 Å². The molecule has 0 aliphatic heterocycles. The molecular weight excluding hydrogens is 220 g/mol. The van der Waals surface area contributed by atoms with E-state index >= 15 is 0 Å². The van der Waals surface area contributed by atoms with Gasteiger partial charge >= 0.3 is 0 Å². The van der Waals surface area contributed by atoms with E-state index in [0.717, 1.165) is 12.2 Å². The lowest BCUT2D eigenvalue weighted by Gasteiger charge is -2.28. The van der Waals surface area contributed by atoms with Crippen LogP contribution in [0, 0.1) is 6.92 Å². The van der Waals surface area contributed by atoms with Crippen LogP contribution in [0.4, 0.5) is 0 Å². The molecule has 1 aromatic carbocycles. The third-order valence-corrected chi connectivity index (χ3v) is 4.42. The van der Waals surface area contributed by atoms with Gasteiger partial charge in [0.2, 0.25) is 0 Å². The predicted molar refractivity (Wildman–Crippen MR) is 75.7 cm³/mol. The van der Waals surface area contributed by atoms with Gasteiger partial charge in [-0.15, -0.1) is 0 Å². The fourth-order valence-electron chi connectivity index (χ4n) is 3.24. The maximum absolute atomic E-state index is 6.05. The first-order valence-corrected chi connectivity index (χ1v) is 6.80. The highest BCUT2D eigenvalue weighted by molar-refractivity contribution is 5.82. The van der Waals surface area contributed by atoms with Crippen molar-refractivity contribution in [1.82, 2.24) is 4.98 Å². The quantitative estimate of drug-likeness (QED) is 0.874. The number of benzene rings is 1. The Labute approximate surface area is 108 Å². The summed E-state index contributed by atoms with van der Waals surface area (Å²) in [6.45, 7) is 2.80. The van der Waals surface area contributed by atoms with E-state index < -0.39 is 0 Å². The standard InChI is InChI=1S/C16H20N2/c1-12-8-13-4-5-15(9-14(13)10-18-12)16(11-17)6-2-3-7-16/h4-5,8-10H,2-3,6-7,11,17H2,1H3. The zero-order chi connectivity index (χ0) is 12.6. The molecule has 1 aliphatic rings. The Morgan fingerprint density at radius 1 is 1.17 bits per heavy atom. The molecule has 2 N–H and O–H groups in total. The maximum atomic E-state index is 6.05. The Bertz CT molecular complexity index is 568. The average molecular weight is 240 g/mol. The fraction of sp³-hybridized carbons (Fsp3) is 0.438. The average Bonchev–Trinajstić information content (AvgIpc) is 2.88. The monoisotopic (exact) mass is 240 g/mol. The van der Waals surface area contributed by atoms with Crippen molar-refractivity contribution in [2.24, 2.45) is 5.73 Å². The Morgan fingerprint density at radius 2 is 1.94 bits per heavy atom. The molecule has 1 aliphatic carbocycles. The highest BCUT2D eigenvalue weighted by Gasteiger charge is 2.34. The number of nitrogens with two attached hydrogens (primary N) is 1. The number of nitrogens with zero attached hydrogens (tertiary/aromatic N) is 1. The molecule has 1 aromatic heterocycles. The number of rotatable bonds is 2. The van der Waals surface area contributed by atoms with Gasteiger partial charge in [-0.2, -0.15) is 0 Å².